The van der Waals surface area contributed by atoms with Gasteiger partial charge in [-0.3, -0.25) is 4.79 Å². The van der Waals surface area contributed by atoms with Gasteiger partial charge >= 0.3 is 0 Å². The molecule has 1 amide bonds. The van der Waals surface area contributed by atoms with Gasteiger partial charge in [-0.15, -0.1) is 11.8 Å². The van der Waals surface area contributed by atoms with E-state index in [1.54, 1.807) is 0 Å². The molecule has 1 aromatic rings. The Morgan fingerprint density at radius 1 is 1.42 bits per heavy atom. The van der Waals surface area contributed by atoms with Gasteiger partial charge in [-0.1, -0.05) is 18.2 Å². The van der Waals surface area contributed by atoms with Crippen LogP contribution in [-0.2, 0) is 4.79 Å². The first-order valence-corrected chi connectivity index (χ1v) is 7.50. The van der Waals surface area contributed by atoms with Gasteiger partial charge in [-0.05, 0) is 18.2 Å². The monoisotopic (exact) mass is 276 g/mol. The van der Waals surface area contributed by atoms with Crippen LogP contribution in [0.3, 0.4) is 0 Å². The molecule has 100 valence electrons. The van der Waals surface area contributed by atoms with Crippen molar-refractivity contribution >= 4 is 23.4 Å². The summed E-state index contributed by atoms with van der Waals surface area (Å²) in [4.78, 5) is 13.2. The van der Waals surface area contributed by atoms with Crippen LogP contribution in [0.4, 0.5) is 0 Å². The number of nitrogens with zero attached hydrogens (tertiary/aromatic N) is 2. The molecular formula is C14H16N2O2S. The van der Waals surface area contributed by atoms with E-state index in [0.29, 0.717) is 6.42 Å². The zero-order chi connectivity index (χ0) is 13.2. The molecule has 2 aliphatic rings. The van der Waals surface area contributed by atoms with Crippen LogP contribution in [0.5, 0.6) is 0 Å². The molecule has 19 heavy (non-hydrogen) atoms. The largest absolute Gasteiger partial charge is 0.394 e. The maximum atomic E-state index is 12.0. The van der Waals surface area contributed by atoms with E-state index in [-0.39, 0.29) is 25.0 Å². The van der Waals surface area contributed by atoms with Crippen molar-refractivity contribution in [1.29, 1.82) is 0 Å². The zero-order valence-electron chi connectivity index (χ0n) is 10.6. The van der Waals surface area contributed by atoms with E-state index in [4.69, 9.17) is 5.11 Å². The van der Waals surface area contributed by atoms with Crippen LogP contribution in [0.25, 0.3) is 0 Å². The molecule has 1 unspecified atom stereocenters. The first-order chi connectivity index (χ1) is 9.29. The number of thioether (sulfide) groups is 1. The van der Waals surface area contributed by atoms with Crippen molar-refractivity contribution in [2.75, 3.05) is 18.9 Å². The highest BCUT2D eigenvalue weighted by molar-refractivity contribution is 7.99. The third kappa shape index (κ3) is 2.40. The molecular weight excluding hydrogens is 260 g/mol. The number of benzene rings is 1. The summed E-state index contributed by atoms with van der Waals surface area (Å²) in [5, 5.41) is 14.9. The lowest BCUT2D eigenvalue weighted by atomic mass is 9.90. The van der Waals surface area contributed by atoms with Crippen LogP contribution in [0.1, 0.15) is 18.4 Å². The third-order valence-corrected chi connectivity index (χ3v) is 4.63. The molecule has 0 saturated carbocycles. The van der Waals surface area contributed by atoms with Crippen LogP contribution in [0.15, 0.2) is 34.3 Å². The number of fused-ring (bicyclic) bond motifs is 3. The maximum Gasteiger partial charge on any atom is 0.243 e. The van der Waals surface area contributed by atoms with Crippen LogP contribution in [-0.4, -0.2) is 40.6 Å². The molecule has 0 fully saturated rings. The molecule has 3 rings (SSSR count). The quantitative estimate of drug-likeness (QED) is 0.895. The molecule has 0 aromatic heterocycles. The van der Waals surface area contributed by atoms with Gasteiger partial charge < -0.3 is 5.11 Å². The maximum absolute atomic E-state index is 12.0. The summed E-state index contributed by atoms with van der Waals surface area (Å²) >= 11 is 1.83. The van der Waals surface area contributed by atoms with Crippen molar-refractivity contribution in [3.05, 3.63) is 29.8 Å². The molecule has 0 radical (unpaired) electrons. The number of β-amino-alcohol motifs (C(OH)–C–C–N with tert-alkyl or cyclic N) is 1. The Balaban J connectivity index is 2.04. The topological polar surface area (TPSA) is 52.9 Å². The molecule has 4 nitrogen and oxygen atoms in total. The lowest BCUT2D eigenvalue weighted by molar-refractivity contribution is -0.133. The number of hydrazone groups is 1. The highest BCUT2D eigenvalue weighted by Gasteiger charge is 2.32. The number of carbonyl (C=O) groups excluding carboxylic acids is 1. The van der Waals surface area contributed by atoms with Crippen LogP contribution >= 0.6 is 11.8 Å². The molecule has 1 N–H and O–H groups in total. The van der Waals surface area contributed by atoms with Crippen molar-refractivity contribution < 1.29 is 9.90 Å². The molecule has 2 aliphatic heterocycles. The van der Waals surface area contributed by atoms with E-state index in [9.17, 15) is 4.79 Å². The fraction of sp³-hybridized carbons (Fsp3) is 0.429. The minimum Gasteiger partial charge on any atom is -0.394 e. The van der Waals surface area contributed by atoms with Crippen LogP contribution in [0, 0.1) is 5.92 Å². The SMILES string of the molecule is O=C1CC2CCSc3ccccc3C2=NN1CCO. The summed E-state index contributed by atoms with van der Waals surface area (Å²) in [5.74, 6) is 1.26. The number of amides is 1. The van der Waals surface area contributed by atoms with Gasteiger partial charge in [0.05, 0.1) is 18.9 Å². The highest BCUT2D eigenvalue weighted by atomic mass is 32.2. The van der Waals surface area contributed by atoms with Gasteiger partial charge in [0.1, 0.15) is 0 Å². The number of rotatable bonds is 2. The van der Waals surface area contributed by atoms with E-state index in [2.05, 4.69) is 17.2 Å². The Bertz CT molecular complexity index is 530. The Labute approximate surface area is 116 Å². The Morgan fingerprint density at radius 3 is 3.11 bits per heavy atom. The summed E-state index contributed by atoms with van der Waals surface area (Å²) in [6.07, 6.45) is 1.49. The average Bonchev–Trinajstić information content (AvgIpc) is 2.59. The first-order valence-electron chi connectivity index (χ1n) is 6.51. The second kappa shape index (κ2) is 5.35. The van der Waals surface area contributed by atoms with Gasteiger partial charge in [0.2, 0.25) is 5.91 Å². The molecule has 0 saturated heterocycles. The first kappa shape index (κ1) is 12.7. The van der Waals surface area contributed by atoms with Crippen molar-refractivity contribution in [3.8, 4) is 0 Å². The second-order valence-electron chi connectivity index (χ2n) is 4.76. The number of carbonyl (C=O) groups is 1. The third-order valence-electron chi connectivity index (χ3n) is 3.52. The number of hydrogen-bond acceptors (Lipinski definition) is 4. The van der Waals surface area contributed by atoms with E-state index < -0.39 is 0 Å². The van der Waals surface area contributed by atoms with E-state index >= 15 is 0 Å². The number of aliphatic hydroxyl groups excluding tert-OH is 1. The van der Waals surface area contributed by atoms with Gasteiger partial charge in [0, 0.05) is 22.8 Å². The fourth-order valence-electron chi connectivity index (χ4n) is 2.58. The lowest BCUT2D eigenvalue weighted by Crippen LogP contribution is -2.38. The van der Waals surface area contributed by atoms with Gasteiger partial charge in [-0.25, -0.2) is 5.01 Å². The number of aliphatic hydroxyl groups is 1. The molecule has 5 heteroatoms. The summed E-state index contributed by atoms with van der Waals surface area (Å²) < 4.78 is 0. The van der Waals surface area contributed by atoms with E-state index in [1.165, 1.54) is 9.90 Å². The predicted octanol–water partition coefficient (Wildman–Crippen LogP) is 1.73. The average molecular weight is 276 g/mol. The lowest BCUT2D eigenvalue weighted by Gasteiger charge is -2.28. The van der Waals surface area contributed by atoms with Crippen molar-refractivity contribution in [2.24, 2.45) is 11.0 Å². The Kier molecular flexibility index (Phi) is 3.57. The Morgan fingerprint density at radius 2 is 2.26 bits per heavy atom. The highest BCUT2D eigenvalue weighted by Crippen LogP contribution is 2.35. The molecule has 0 aliphatic carbocycles. The van der Waals surface area contributed by atoms with Gasteiger partial charge in [0.15, 0.2) is 0 Å². The van der Waals surface area contributed by atoms with E-state index in [1.807, 2.05) is 23.9 Å². The van der Waals surface area contributed by atoms with Gasteiger partial charge in [-0.2, -0.15) is 5.10 Å². The molecule has 0 bridgehead atoms. The Hall–Kier alpha value is -1.33. The van der Waals surface area contributed by atoms with Crippen LogP contribution < -0.4 is 0 Å². The van der Waals surface area contributed by atoms with Crippen LogP contribution in [0.2, 0.25) is 0 Å². The smallest absolute Gasteiger partial charge is 0.243 e. The fourth-order valence-corrected chi connectivity index (χ4v) is 3.70. The predicted molar refractivity (Wildman–Crippen MR) is 75.2 cm³/mol. The summed E-state index contributed by atoms with van der Waals surface area (Å²) in [6.45, 7) is 0.230. The zero-order valence-corrected chi connectivity index (χ0v) is 11.4. The minimum atomic E-state index is -0.0520. The van der Waals surface area contributed by atoms with E-state index in [0.717, 1.165) is 23.4 Å². The molecule has 1 aromatic carbocycles. The van der Waals surface area contributed by atoms with Crippen molar-refractivity contribution in [1.82, 2.24) is 5.01 Å². The molecule has 0 spiro atoms. The summed E-state index contributed by atoms with van der Waals surface area (Å²) in [7, 11) is 0. The van der Waals surface area contributed by atoms with Gasteiger partial charge in [0.25, 0.3) is 0 Å². The minimum absolute atomic E-state index is 0.0205. The molecule has 1 atom stereocenters. The summed E-state index contributed by atoms with van der Waals surface area (Å²) in [6, 6.07) is 8.23. The normalized spacial score (nSPS) is 22.4. The standard InChI is InChI=1S/C14H16N2O2S/c17-7-6-16-13(18)9-10-5-8-19-12-4-2-1-3-11(12)14(10)15-16/h1-4,10,17H,5-9H2. The van der Waals surface area contributed by atoms with Crippen molar-refractivity contribution in [2.45, 2.75) is 17.7 Å². The summed E-state index contributed by atoms with van der Waals surface area (Å²) in [5.41, 5.74) is 2.15. The second-order valence-corrected chi connectivity index (χ2v) is 5.90. The molecule has 2 heterocycles. The number of hydrogen-bond donors (Lipinski definition) is 1. The van der Waals surface area contributed by atoms with Crippen molar-refractivity contribution in [3.63, 3.8) is 0 Å².